The molecule has 2 aromatic rings. The summed E-state index contributed by atoms with van der Waals surface area (Å²) in [5.41, 5.74) is 1.70. The van der Waals surface area contributed by atoms with E-state index in [1.54, 1.807) is 18.2 Å². The number of carbonyl (C=O) groups is 3. The summed E-state index contributed by atoms with van der Waals surface area (Å²) in [6.45, 7) is 5.71. The predicted molar refractivity (Wildman–Crippen MR) is 123 cm³/mol. The minimum absolute atomic E-state index is 0.137. The van der Waals surface area contributed by atoms with Crippen molar-refractivity contribution >= 4 is 29.1 Å². The number of thiophene rings is 1. The van der Waals surface area contributed by atoms with Crippen molar-refractivity contribution < 1.29 is 14.4 Å². The van der Waals surface area contributed by atoms with Gasteiger partial charge in [-0.05, 0) is 42.3 Å². The van der Waals surface area contributed by atoms with Crippen LogP contribution in [0.4, 0.5) is 0 Å². The standard InChI is InChI=1S/C24H29N3O3S/c1-3-14-27(21(28)16-25-23(29)20-13-8-15-31-20)22(19-12-7-4-9-17(19)2)24(30)26-18-10-5-6-11-18/h3-4,7-9,12-13,15,18,22H,1,5-6,10-11,14,16H2,2H3,(H,25,29)(H,26,30). The lowest BCUT2D eigenvalue weighted by Crippen LogP contribution is -2.49. The predicted octanol–water partition coefficient (Wildman–Crippen LogP) is 3.60. The van der Waals surface area contributed by atoms with Crippen LogP contribution in [0.25, 0.3) is 0 Å². The molecule has 0 radical (unpaired) electrons. The highest BCUT2D eigenvalue weighted by molar-refractivity contribution is 7.12. The SMILES string of the molecule is C=CCN(C(=O)CNC(=O)c1cccs1)C(C(=O)NC1CCCC1)c1ccccc1C. The van der Waals surface area contributed by atoms with Crippen molar-refractivity contribution in [1.82, 2.24) is 15.5 Å². The molecule has 0 bridgehead atoms. The molecule has 31 heavy (non-hydrogen) atoms. The van der Waals surface area contributed by atoms with Crippen molar-refractivity contribution in [3.8, 4) is 0 Å². The maximum Gasteiger partial charge on any atom is 0.261 e. The third-order valence-electron chi connectivity index (χ3n) is 5.54. The topological polar surface area (TPSA) is 78.5 Å². The second kappa shape index (κ2) is 10.9. The third-order valence-corrected chi connectivity index (χ3v) is 6.40. The van der Waals surface area contributed by atoms with E-state index in [0.29, 0.717) is 4.88 Å². The Balaban J connectivity index is 1.82. The monoisotopic (exact) mass is 439 g/mol. The molecule has 1 aromatic carbocycles. The molecule has 3 rings (SSSR count). The number of aryl methyl sites for hydroxylation is 1. The molecule has 0 aliphatic heterocycles. The third kappa shape index (κ3) is 5.82. The summed E-state index contributed by atoms with van der Waals surface area (Å²) in [5.74, 6) is -0.828. The highest BCUT2D eigenvalue weighted by Crippen LogP contribution is 2.26. The highest BCUT2D eigenvalue weighted by Gasteiger charge is 2.33. The number of rotatable bonds is 9. The largest absolute Gasteiger partial charge is 0.351 e. The molecular weight excluding hydrogens is 410 g/mol. The molecule has 6 nitrogen and oxygen atoms in total. The number of hydrogen-bond donors (Lipinski definition) is 2. The Bertz CT molecular complexity index is 920. The lowest BCUT2D eigenvalue weighted by atomic mass is 9.98. The van der Waals surface area contributed by atoms with Gasteiger partial charge in [-0.15, -0.1) is 17.9 Å². The van der Waals surface area contributed by atoms with Crippen molar-refractivity contribution in [3.63, 3.8) is 0 Å². The first-order valence-corrected chi connectivity index (χ1v) is 11.5. The molecule has 2 N–H and O–H groups in total. The number of benzene rings is 1. The summed E-state index contributed by atoms with van der Waals surface area (Å²) < 4.78 is 0. The van der Waals surface area contributed by atoms with Crippen LogP contribution in [0.2, 0.25) is 0 Å². The molecule has 0 spiro atoms. The van der Waals surface area contributed by atoms with E-state index in [1.165, 1.54) is 16.2 Å². The van der Waals surface area contributed by atoms with E-state index in [4.69, 9.17) is 0 Å². The average molecular weight is 440 g/mol. The molecule has 3 amide bonds. The van der Waals surface area contributed by atoms with Gasteiger partial charge in [0.15, 0.2) is 0 Å². The van der Waals surface area contributed by atoms with Crippen molar-refractivity contribution in [2.45, 2.75) is 44.7 Å². The Morgan fingerprint density at radius 1 is 1.19 bits per heavy atom. The number of carbonyl (C=O) groups excluding carboxylic acids is 3. The molecular formula is C24H29N3O3S. The van der Waals surface area contributed by atoms with Crippen LogP contribution >= 0.6 is 11.3 Å². The lowest BCUT2D eigenvalue weighted by molar-refractivity contribution is -0.139. The molecule has 1 aliphatic rings. The van der Waals surface area contributed by atoms with E-state index in [1.807, 2.05) is 36.6 Å². The van der Waals surface area contributed by atoms with Crippen LogP contribution in [0.15, 0.2) is 54.4 Å². The van der Waals surface area contributed by atoms with Crippen molar-refractivity contribution in [2.24, 2.45) is 0 Å². The van der Waals surface area contributed by atoms with Crippen molar-refractivity contribution in [3.05, 3.63) is 70.4 Å². The molecule has 1 aliphatic carbocycles. The second-order valence-electron chi connectivity index (χ2n) is 7.74. The van der Waals surface area contributed by atoms with Crippen LogP contribution in [-0.2, 0) is 9.59 Å². The number of amides is 3. The van der Waals surface area contributed by atoms with Crippen LogP contribution in [0.5, 0.6) is 0 Å². The minimum Gasteiger partial charge on any atom is -0.351 e. The van der Waals surface area contributed by atoms with Crippen LogP contribution in [0.3, 0.4) is 0 Å². The Labute approximate surface area is 187 Å². The van der Waals surface area contributed by atoms with Gasteiger partial charge in [-0.2, -0.15) is 0 Å². The zero-order valence-electron chi connectivity index (χ0n) is 17.8. The Morgan fingerprint density at radius 3 is 2.58 bits per heavy atom. The van der Waals surface area contributed by atoms with Crippen LogP contribution in [0.1, 0.15) is 52.5 Å². The van der Waals surface area contributed by atoms with E-state index in [2.05, 4.69) is 17.2 Å². The van der Waals surface area contributed by atoms with Gasteiger partial charge in [0.2, 0.25) is 11.8 Å². The van der Waals surface area contributed by atoms with E-state index in [-0.39, 0.29) is 36.9 Å². The van der Waals surface area contributed by atoms with Gasteiger partial charge in [-0.3, -0.25) is 14.4 Å². The molecule has 1 atom stereocenters. The van der Waals surface area contributed by atoms with E-state index in [9.17, 15) is 14.4 Å². The summed E-state index contributed by atoms with van der Waals surface area (Å²) in [6.07, 6.45) is 5.72. The van der Waals surface area contributed by atoms with Gasteiger partial charge in [0, 0.05) is 12.6 Å². The van der Waals surface area contributed by atoms with Gasteiger partial charge < -0.3 is 15.5 Å². The zero-order valence-corrected chi connectivity index (χ0v) is 18.6. The molecule has 1 heterocycles. The number of hydrogen-bond acceptors (Lipinski definition) is 4. The minimum atomic E-state index is -0.786. The maximum atomic E-state index is 13.4. The summed E-state index contributed by atoms with van der Waals surface area (Å²) >= 11 is 1.31. The van der Waals surface area contributed by atoms with Gasteiger partial charge in [-0.25, -0.2) is 0 Å². The molecule has 7 heteroatoms. The Hall–Kier alpha value is -2.93. The van der Waals surface area contributed by atoms with Crippen molar-refractivity contribution in [1.29, 1.82) is 0 Å². The number of nitrogens with zero attached hydrogens (tertiary/aromatic N) is 1. The van der Waals surface area contributed by atoms with Crippen LogP contribution in [0, 0.1) is 6.92 Å². The molecule has 164 valence electrons. The first kappa shape index (κ1) is 22.7. The fourth-order valence-corrected chi connectivity index (χ4v) is 4.58. The van der Waals surface area contributed by atoms with E-state index in [0.717, 1.165) is 36.8 Å². The van der Waals surface area contributed by atoms with Gasteiger partial charge in [-0.1, -0.05) is 49.2 Å². The Morgan fingerprint density at radius 2 is 1.94 bits per heavy atom. The maximum absolute atomic E-state index is 13.4. The first-order valence-electron chi connectivity index (χ1n) is 10.6. The van der Waals surface area contributed by atoms with Crippen LogP contribution < -0.4 is 10.6 Å². The Kier molecular flexibility index (Phi) is 8.00. The van der Waals surface area contributed by atoms with Gasteiger partial charge in [0.05, 0.1) is 11.4 Å². The lowest BCUT2D eigenvalue weighted by Gasteiger charge is -2.32. The average Bonchev–Trinajstić information content (AvgIpc) is 3.47. The summed E-state index contributed by atoms with van der Waals surface area (Å²) in [5, 5.41) is 7.61. The van der Waals surface area contributed by atoms with E-state index < -0.39 is 6.04 Å². The molecule has 0 saturated heterocycles. The fourth-order valence-electron chi connectivity index (χ4n) is 3.94. The molecule has 1 aromatic heterocycles. The second-order valence-corrected chi connectivity index (χ2v) is 8.69. The highest BCUT2D eigenvalue weighted by atomic mass is 32.1. The zero-order chi connectivity index (χ0) is 22.2. The van der Waals surface area contributed by atoms with Crippen molar-refractivity contribution in [2.75, 3.05) is 13.1 Å². The number of nitrogens with one attached hydrogen (secondary N) is 2. The summed E-state index contributed by atoms with van der Waals surface area (Å²) in [4.78, 5) is 40.8. The molecule has 1 unspecified atom stereocenters. The fraction of sp³-hybridized carbons (Fsp3) is 0.375. The normalized spacial score (nSPS) is 14.6. The smallest absolute Gasteiger partial charge is 0.261 e. The van der Waals surface area contributed by atoms with Crippen LogP contribution in [-0.4, -0.2) is 41.8 Å². The summed E-state index contributed by atoms with van der Waals surface area (Å²) in [6, 6.07) is 10.4. The van der Waals surface area contributed by atoms with E-state index >= 15 is 0 Å². The quantitative estimate of drug-likeness (QED) is 0.586. The molecule has 1 saturated carbocycles. The summed E-state index contributed by atoms with van der Waals surface area (Å²) in [7, 11) is 0. The molecule has 1 fully saturated rings. The van der Waals surface area contributed by atoms with Gasteiger partial charge >= 0.3 is 0 Å². The van der Waals surface area contributed by atoms with Gasteiger partial charge in [0.1, 0.15) is 6.04 Å². The van der Waals surface area contributed by atoms with Gasteiger partial charge in [0.25, 0.3) is 5.91 Å². The first-order chi connectivity index (χ1) is 15.0.